The number of methoxy groups -OCH3 is 1. The molecule has 3 N–H and O–H groups in total. The highest BCUT2D eigenvalue weighted by molar-refractivity contribution is 6.32. The minimum atomic E-state index is -0.426. The van der Waals surface area contributed by atoms with E-state index in [1.54, 1.807) is 24.8 Å². The monoisotopic (exact) mass is 646 g/mol. The van der Waals surface area contributed by atoms with Crippen molar-refractivity contribution in [2.75, 3.05) is 61.9 Å². The summed E-state index contributed by atoms with van der Waals surface area (Å²) in [5.74, 6) is 2.81. The summed E-state index contributed by atoms with van der Waals surface area (Å²) in [5, 5.41) is 20.9. The van der Waals surface area contributed by atoms with Crippen molar-refractivity contribution in [3.05, 3.63) is 81.0 Å². The van der Waals surface area contributed by atoms with Crippen molar-refractivity contribution in [1.29, 1.82) is 0 Å². The Kier molecular flexibility index (Phi) is 9.84. The number of amides is 1. The van der Waals surface area contributed by atoms with Crippen LogP contribution in [0.1, 0.15) is 31.2 Å². The van der Waals surface area contributed by atoms with E-state index in [0.717, 1.165) is 62.9 Å². The minimum absolute atomic E-state index is 0.0219. The molecule has 2 atom stereocenters. The number of carbonyl (C=O) groups is 1. The molecule has 46 heavy (non-hydrogen) atoms. The molecule has 3 aromatic rings. The second-order valence-corrected chi connectivity index (χ2v) is 12.5. The molecule has 0 radical (unpaired) electrons. The molecule has 13 heteroatoms. The molecule has 2 aliphatic carbocycles. The number of rotatable bonds is 14. The van der Waals surface area contributed by atoms with Crippen LogP contribution in [0.4, 0.5) is 28.8 Å². The van der Waals surface area contributed by atoms with Crippen molar-refractivity contribution in [1.82, 2.24) is 20.2 Å². The maximum atomic E-state index is 12.3. The van der Waals surface area contributed by atoms with E-state index in [0.29, 0.717) is 47.1 Å². The van der Waals surface area contributed by atoms with Crippen LogP contribution >= 0.6 is 11.6 Å². The highest BCUT2D eigenvalue weighted by atomic mass is 35.5. The summed E-state index contributed by atoms with van der Waals surface area (Å²) in [6, 6.07) is 12.4. The second-order valence-electron chi connectivity index (χ2n) is 12.1. The third-order valence-electron chi connectivity index (χ3n) is 8.80. The number of piperazine rings is 1. The molecule has 1 amide bonds. The molecule has 1 aromatic heterocycles. The lowest BCUT2D eigenvalue weighted by Gasteiger charge is -2.36. The van der Waals surface area contributed by atoms with Gasteiger partial charge in [0.15, 0.2) is 5.82 Å². The largest absolute Gasteiger partial charge is 0.494 e. The fraction of sp³-hybridized carbons (Fsp3) is 0.424. The normalized spacial score (nSPS) is 18.8. The summed E-state index contributed by atoms with van der Waals surface area (Å²) in [6.45, 7) is 5.72. The lowest BCUT2D eigenvalue weighted by Crippen LogP contribution is -2.47. The zero-order valence-corrected chi connectivity index (χ0v) is 26.6. The van der Waals surface area contributed by atoms with Gasteiger partial charge in [0.2, 0.25) is 11.9 Å². The number of nitrogens with zero attached hydrogens (tertiary/aromatic N) is 5. The van der Waals surface area contributed by atoms with Crippen molar-refractivity contribution in [3.63, 3.8) is 0 Å². The fourth-order valence-electron chi connectivity index (χ4n) is 6.23. The number of carbonyl (C=O) groups excluding carboxylic acids is 1. The number of halogens is 1. The lowest BCUT2D eigenvalue weighted by molar-refractivity contribution is -0.384. The number of benzene rings is 2. The van der Waals surface area contributed by atoms with Crippen LogP contribution in [0.15, 0.2) is 60.3 Å². The van der Waals surface area contributed by atoms with Crippen molar-refractivity contribution >= 4 is 46.3 Å². The molecule has 1 unspecified atom stereocenters. The summed E-state index contributed by atoms with van der Waals surface area (Å²) in [7, 11) is 1.63. The first kappa shape index (κ1) is 31.6. The Morgan fingerprint density at radius 3 is 2.78 bits per heavy atom. The molecule has 0 spiro atoms. The molecule has 2 heterocycles. The zero-order chi connectivity index (χ0) is 32.0. The number of anilines is 4. The molecule has 3 aliphatic rings. The number of nitro groups is 1. The van der Waals surface area contributed by atoms with Crippen LogP contribution in [-0.2, 0) is 11.3 Å². The summed E-state index contributed by atoms with van der Waals surface area (Å²) in [5.41, 5.74) is 4.10. The standard InChI is InChI=1S/C33H39ClN8O4/c1-46-30-19-26(41-12-10-40(11-13-41)9-3-8-35-31(43)17-23-14-24-18-25(24)15-23)6-7-29(30)38-33-37-21-28(34)32(39-33)36-20-22-4-2-5-27(16-22)42(44)45/h2,4-7,14,16,19,21,23,25H,3,8-13,15,17-18,20H2,1H3,(H,35,43)(H2,36,37,38,39)/t23?,25-/m0/s1. The van der Waals surface area contributed by atoms with E-state index in [2.05, 4.69) is 47.9 Å². The van der Waals surface area contributed by atoms with E-state index in [9.17, 15) is 14.9 Å². The smallest absolute Gasteiger partial charge is 0.269 e. The predicted molar refractivity (Wildman–Crippen MR) is 179 cm³/mol. The van der Waals surface area contributed by atoms with Crippen LogP contribution in [0.3, 0.4) is 0 Å². The Morgan fingerprint density at radius 1 is 1.17 bits per heavy atom. The molecule has 0 bridgehead atoms. The van der Waals surface area contributed by atoms with E-state index in [-0.39, 0.29) is 11.6 Å². The van der Waals surface area contributed by atoms with Crippen LogP contribution in [0.5, 0.6) is 5.75 Å². The number of hydrogen-bond donors (Lipinski definition) is 3. The maximum Gasteiger partial charge on any atom is 0.269 e. The lowest BCUT2D eigenvalue weighted by atomic mass is 10.0. The maximum absolute atomic E-state index is 12.3. The first-order chi connectivity index (χ1) is 22.3. The van der Waals surface area contributed by atoms with Gasteiger partial charge in [-0.2, -0.15) is 4.98 Å². The van der Waals surface area contributed by atoms with Gasteiger partial charge < -0.3 is 25.6 Å². The zero-order valence-electron chi connectivity index (χ0n) is 25.9. The number of non-ortho nitro benzene ring substituents is 1. The topological polar surface area (TPSA) is 138 Å². The fourth-order valence-corrected chi connectivity index (χ4v) is 6.39. The van der Waals surface area contributed by atoms with Crippen LogP contribution in [0, 0.1) is 22.0 Å². The number of fused-ring (bicyclic) bond motifs is 1. The molecule has 1 saturated carbocycles. The number of nitrogens with one attached hydrogen (secondary N) is 3. The van der Waals surface area contributed by atoms with Crippen LogP contribution in [0.25, 0.3) is 0 Å². The average molecular weight is 647 g/mol. The number of hydrogen-bond acceptors (Lipinski definition) is 10. The Morgan fingerprint density at radius 2 is 2.02 bits per heavy atom. The third kappa shape index (κ3) is 8.04. The van der Waals surface area contributed by atoms with Gasteiger partial charge in [-0.15, -0.1) is 0 Å². The second kappa shape index (κ2) is 14.3. The third-order valence-corrected chi connectivity index (χ3v) is 9.08. The van der Waals surface area contributed by atoms with Gasteiger partial charge in [0.1, 0.15) is 10.8 Å². The van der Waals surface area contributed by atoms with Crippen molar-refractivity contribution in [2.24, 2.45) is 11.8 Å². The van der Waals surface area contributed by atoms with Gasteiger partial charge >= 0.3 is 0 Å². The van der Waals surface area contributed by atoms with E-state index in [4.69, 9.17) is 16.3 Å². The van der Waals surface area contributed by atoms with E-state index in [1.807, 2.05) is 12.1 Å². The van der Waals surface area contributed by atoms with Gasteiger partial charge in [-0.25, -0.2) is 4.98 Å². The van der Waals surface area contributed by atoms with Gasteiger partial charge in [-0.1, -0.05) is 35.4 Å². The van der Waals surface area contributed by atoms with E-state index < -0.39 is 4.92 Å². The van der Waals surface area contributed by atoms with Gasteiger partial charge in [0.05, 0.1) is 23.9 Å². The molecule has 1 aliphatic heterocycles. The highest BCUT2D eigenvalue weighted by Gasteiger charge is 2.38. The van der Waals surface area contributed by atoms with E-state index >= 15 is 0 Å². The first-order valence-corrected chi connectivity index (χ1v) is 16.1. The highest BCUT2D eigenvalue weighted by Crippen LogP contribution is 2.50. The van der Waals surface area contributed by atoms with Crippen LogP contribution < -0.4 is 25.6 Å². The number of aromatic nitrogens is 2. The average Bonchev–Trinajstić information content (AvgIpc) is 3.68. The Labute approximate surface area is 273 Å². The molecule has 2 fully saturated rings. The Hall–Kier alpha value is -4.42. The molecule has 6 rings (SSSR count). The number of allylic oxidation sites excluding steroid dienone is 2. The van der Waals surface area contributed by atoms with Gasteiger partial charge in [0, 0.05) is 69.6 Å². The van der Waals surface area contributed by atoms with Crippen molar-refractivity contribution < 1.29 is 14.5 Å². The minimum Gasteiger partial charge on any atom is -0.494 e. The van der Waals surface area contributed by atoms with Gasteiger partial charge in [-0.05, 0) is 55.3 Å². The number of ether oxygens (including phenoxy) is 1. The summed E-state index contributed by atoms with van der Waals surface area (Å²) >= 11 is 6.33. The molecular weight excluding hydrogens is 608 g/mol. The van der Waals surface area contributed by atoms with Crippen LogP contribution in [-0.4, -0.2) is 72.1 Å². The molecule has 1 saturated heterocycles. The molecule has 2 aromatic carbocycles. The van der Waals surface area contributed by atoms with Crippen molar-refractivity contribution in [3.8, 4) is 5.75 Å². The Balaban J connectivity index is 0.966. The Bertz CT molecular complexity index is 1610. The summed E-state index contributed by atoms with van der Waals surface area (Å²) < 4.78 is 5.70. The molecular formula is C33H39ClN8O4. The molecule has 242 valence electrons. The molecule has 12 nitrogen and oxygen atoms in total. The quantitative estimate of drug-likeness (QED) is 0.0905. The van der Waals surface area contributed by atoms with Gasteiger partial charge in [0.25, 0.3) is 5.69 Å². The van der Waals surface area contributed by atoms with Crippen LogP contribution in [0.2, 0.25) is 5.02 Å². The van der Waals surface area contributed by atoms with Gasteiger partial charge in [-0.3, -0.25) is 19.8 Å². The van der Waals surface area contributed by atoms with E-state index in [1.165, 1.54) is 31.2 Å². The van der Waals surface area contributed by atoms with Crippen molar-refractivity contribution in [2.45, 2.75) is 32.2 Å². The summed E-state index contributed by atoms with van der Waals surface area (Å²) in [4.78, 5) is 36.6. The summed E-state index contributed by atoms with van der Waals surface area (Å²) in [6.07, 6.45) is 7.83. The predicted octanol–water partition coefficient (Wildman–Crippen LogP) is 5.39. The SMILES string of the molecule is COc1cc(N2CCN(CCCNC(=O)CC3C=C4C[C@@H]4C3)CC2)ccc1Nc1ncc(Cl)c(NCc2cccc([N+](=O)[O-])c2)n1. The first-order valence-electron chi connectivity index (χ1n) is 15.7. The number of nitro benzene ring substituents is 1.